The molecule has 0 saturated heterocycles. The van der Waals surface area contributed by atoms with Crippen LogP contribution in [0.25, 0.3) is 0 Å². The number of hydrogen-bond acceptors (Lipinski definition) is 2. The van der Waals surface area contributed by atoms with Crippen molar-refractivity contribution < 1.29 is 9.59 Å². The van der Waals surface area contributed by atoms with Gasteiger partial charge in [0.2, 0.25) is 0 Å². The summed E-state index contributed by atoms with van der Waals surface area (Å²) in [5.74, 6) is 1.15. The molecule has 0 radical (unpaired) electrons. The zero-order valence-electron chi connectivity index (χ0n) is 9.38. The van der Waals surface area contributed by atoms with Crippen molar-refractivity contribution in [1.29, 1.82) is 0 Å². The van der Waals surface area contributed by atoms with Crippen molar-refractivity contribution >= 4 is 8.56 Å². The highest BCUT2D eigenvalue weighted by atomic mass is 28.4. The van der Waals surface area contributed by atoms with Crippen LogP contribution in [0.3, 0.4) is 0 Å². The van der Waals surface area contributed by atoms with Crippen LogP contribution in [0.15, 0.2) is 0 Å². The molecule has 0 aliphatic heterocycles. The highest BCUT2D eigenvalue weighted by Gasteiger charge is 2.28. The predicted molar refractivity (Wildman–Crippen MR) is 58.7 cm³/mol. The molecule has 0 heterocycles. The van der Waals surface area contributed by atoms with Crippen molar-refractivity contribution in [3.63, 3.8) is 0 Å². The fraction of sp³-hybridized carbons (Fsp3) is 1.00. The lowest BCUT2D eigenvalue weighted by atomic mass is 10.2. The number of hydrogen-bond donors (Lipinski definition) is 2. The molecule has 2 N–H and O–H groups in total. The van der Waals surface area contributed by atoms with Crippen LogP contribution < -0.4 is 0 Å². The summed E-state index contributed by atoms with van der Waals surface area (Å²) in [4.78, 5) is 19.4. The van der Waals surface area contributed by atoms with Crippen molar-refractivity contribution in [2.24, 2.45) is 11.8 Å². The molecular formula is C10H24O2Si. The Morgan fingerprint density at radius 1 is 0.846 bits per heavy atom. The standard InChI is InChI=1S/C10H24O2Si/c1-9(2)5-7-13(11,12)8-6-10(3)4/h9-12H,5-8H2,1-4H3. The van der Waals surface area contributed by atoms with Gasteiger partial charge in [-0.15, -0.1) is 0 Å². The Morgan fingerprint density at radius 3 is 1.38 bits per heavy atom. The van der Waals surface area contributed by atoms with Crippen LogP contribution in [0, 0.1) is 11.8 Å². The molecule has 0 aliphatic rings. The van der Waals surface area contributed by atoms with Gasteiger partial charge in [-0.1, -0.05) is 27.7 Å². The molecule has 0 saturated carbocycles. The first-order valence-electron chi connectivity index (χ1n) is 5.28. The maximum atomic E-state index is 9.71. The molecule has 0 bridgehead atoms. The average Bonchev–Trinajstić information content (AvgIpc) is 1.98. The normalized spacial score (nSPS) is 12.9. The summed E-state index contributed by atoms with van der Waals surface area (Å²) in [6.45, 7) is 8.47. The zero-order chi connectivity index (χ0) is 10.5. The molecule has 3 heteroatoms. The van der Waals surface area contributed by atoms with Gasteiger partial charge in [-0.2, -0.15) is 0 Å². The predicted octanol–water partition coefficient (Wildman–Crippen LogP) is 2.51. The van der Waals surface area contributed by atoms with E-state index in [1.165, 1.54) is 0 Å². The monoisotopic (exact) mass is 204 g/mol. The molecule has 0 aromatic rings. The fourth-order valence-electron chi connectivity index (χ4n) is 1.16. The molecule has 0 aliphatic carbocycles. The van der Waals surface area contributed by atoms with E-state index in [0.29, 0.717) is 23.9 Å². The minimum Gasteiger partial charge on any atom is -0.411 e. The van der Waals surface area contributed by atoms with Crippen molar-refractivity contribution in [3.8, 4) is 0 Å². The minimum atomic E-state index is -2.83. The van der Waals surface area contributed by atoms with Gasteiger partial charge in [0.05, 0.1) is 0 Å². The molecule has 0 aromatic carbocycles. The first-order chi connectivity index (χ1) is 5.83. The molecule has 0 unspecified atom stereocenters. The molecule has 0 aromatic heterocycles. The molecule has 13 heavy (non-hydrogen) atoms. The van der Waals surface area contributed by atoms with E-state index in [-0.39, 0.29) is 0 Å². The molecule has 80 valence electrons. The van der Waals surface area contributed by atoms with E-state index in [0.717, 1.165) is 12.8 Å². The van der Waals surface area contributed by atoms with E-state index < -0.39 is 8.56 Å². The van der Waals surface area contributed by atoms with Crippen LogP contribution in [-0.4, -0.2) is 18.2 Å². The van der Waals surface area contributed by atoms with Crippen LogP contribution >= 0.6 is 0 Å². The smallest absolute Gasteiger partial charge is 0.332 e. The van der Waals surface area contributed by atoms with Gasteiger partial charge in [0, 0.05) is 0 Å². The minimum absolute atomic E-state index is 0.574. The van der Waals surface area contributed by atoms with E-state index in [1.54, 1.807) is 0 Å². The Labute approximate surface area is 83.2 Å². The maximum absolute atomic E-state index is 9.71. The molecular weight excluding hydrogens is 180 g/mol. The second-order valence-corrected chi connectivity index (χ2v) is 7.81. The largest absolute Gasteiger partial charge is 0.411 e. The SMILES string of the molecule is CC(C)CC[Si](O)(O)CCC(C)C. The van der Waals surface area contributed by atoms with E-state index in [2.05, 4.69) is 27.7 Å². The van der Waals surface area contributed by atoms with Gasteiger partial charge in [0.15, 0.2) is 0 Å². The van der Waals surface area contributed by atoms with Gasteiger partial charge in [-0.25, -0.2) is 0 Å². The Kier molecular flexibility index (Phi) is 5.84. The first-order valence-corrected chi connectivity index (χ1v) is 7.59. The maximum Gasteiger partial charge on any atom is 0.332 e. The summed E-state index contributed by atoms with van der Waals surface area (Å²) < 4.78 is 0. The van der Waals surface area contributed by atoms with Crippen LogP contribution in [0.5, 0.6) is 0 Å². The van der Waals surface area contributed by atoms with Gasteiger partial charge < -0.3 is 9.59 Å². The van der Waals surface area contributed by atoms with E-state index in [9.17, 15) is 9.59 Å². The van der Waals surface area contributed by atoms with E-state index in [4.69, 9.17) is 0 Å². The van der Waals surface area contributed by atoms with Crippen LogP contribution in [0.1, 0.15) is 40.5 Å². The van der Waals surface area contributed by atoms with Crippen LogP contribution in [0.2, 0.25) is 12.1 Å². The molecule has 0 spiro atoms. The van der Waals surface area contributed by atoms with Gasteiger partial charge in [-0.05, 0) is 36.8 Å². The van der Waals surface area contributed by atoms with Crippen LogP contribution in [0.4, 0.5) is 0 Å². The first kappa shape index (κ1) is 13.1. The molecule has 0 amide bonds. The topological polar surface area (TPSA) is 40.5 Å². The van der Waals surface area contributed by atoms with Gasteiger partial charge in [0.25, 0.3) is 0 Å². The van der Waals surface area contributed by atoms with E-state index in [1.807, 2.05) is 0 Å². The van der Waals surface area contributed by atoms with Crippen molar-refractivity contribution in [3.05, 3.63) is 0 Å². The molecule has 0 fully saturated rings. The van der Waals surface area contributed by atoms with Gasteiger partial charge in [-0.3, -0.25) is 0 Å². The van der Waals surface area contributed by atoms with Crippen molar-refractivity contribution in [2.45, 2.75) is 52.6 Å². The lowest BCUT2D eigenvalue weighted by molar-refractivity contribution is 0.343. The third-order valence-electron chi connectivity index (χ3n) is 2.24. The second kappa shape index (κ2) is 5.78. The summed E-state index contributed by atoms with van der Waals surface area (Å²) in [7, 11) is -2.83. The van der Waals surface area contributed by atoms with Crippen LogP contribution in [-0.2, 0) is 0 Å². The summed E-state index contributed by atoms with van der Waals surface area (Å²) in [6.07, 6.45) is 1.88. The second-order valence-electron chi connectivity index (χ2n) is 4.85. The Balaban J connectivity index is 3.66. The average molecular weight is 204 g/mol. The van der Waals surface area contributed by atoms with Crippen molar-refractivity contribution in [1.82, 2.24) is 0 Å². The number of rotatable bonds is 6. The Morgan fingerprint density at radius 2 is 1.15 bits per heavy atom. The third-order valence-corrected chi connectivity index (χ3v) is 4.42. The summed E-state index contributed by atoms with van der Waals surface area (Å²) in [6, 6.07) is 1.27. The molecule has 2 nitrogen and oxygen atoms in total. The molecule has 0 rings (SSSR count). The third kappa shape index (κ3) is 8.47. The van der Waals surface area contributed by atoms with Gasteiger partial charge >= 0.3 is 8.56 Å². The molecule has 0 atom stereocenters. The highest BCUT2D eigenvalue weighted by molar-refractivity contribution is 6.64. The lowest BCUT2D eigenvalue weighted by Crippen LogP contribution is -2.34. The van der Waals surface area contributed by atoms with E-state index >= 15 is 0 Å². The zero-order valence-corrected chi connectivity index (χ0v) is 10.4. The summed E-state index contributed by atoms with van der Waals surface area (Å²) >= 11 is 0. The highest BCUT2D eigenvalue weighted by Crippen LogP contribution is 2.19. The summed E-state index contributed by atoms with van der Waals surface area (Å²) in [5, 5.41) is 0. The Bertz CT molecular complexity index is 119. The fourth-order valence-corrected chi connectivity index (χ4v) is 3.49. The lowest BCUT2D eigenvalue weighted by Gasteiger charge is -2.19. The quantitative estimate of drug-likeness (QED) is 0.653. The van der Waals surface area contributed by atoms with Crippen molar-refractivity contribution in [2.75, 3.05) is 0 Å². The Hall–Kier alpha value is 0.137. The van der Waals surface area contributed by atoms with Gasteiger partial charge in [0.1, 0.15) is 0 Å². The summed E-state index contributed by atoms with van der Waals surface area (Å²) in [5.41, 5.74) is 0.